The Bertz CT molecular complexity index is 652. The number of nitrogens with one attached hydrogen (secondary N) is 2. The van der Waals surface area contributed by atoms with Crippen molar-refractivity contribution < 1.29 is 4.79 Å². The number of carbonyl (C=O) groups is 1. The Morgan fingerprint density at radius 3 is 2.62 bits per heavy atom. The summed E-state index contributed by atoms with van der Waals surface area (Å²) >= 11 is 0. The first kappa shape index (κ1) is 15.0. The number of carbonyl (C=O) groups excluding carboxylic acids is 1. The number of amides is 1. The summed E-state index contributed by atoms with van der Waals surface area (Å²) in [5.41, 5.74) is 4.52. The molecule has 1 aromatic carbocycles. The lowest BCUT2D eigenvalue weighted by Gasteiger charge is -2.17. The van der Waals surface area contributed by atoms with E-state index in [0.29, 0.717) is 5.56 Å². The van der Waals surface area contributed by atoms with E-state index in [1.165, 1.54) is 5.56 Å². The summed E-state index contributed by atoms with van der Waals surface area (Å²) in [6.45, 7) is 5.93. The van der Waals surface area contributed by atoms with Crippen molar-refractivity contribution in [3.63, 3.8) is 0 Å². The molecule has 110 valence electrons. The van der Waals surface area contributed by atoms with Crippen LogP contribution in [0.4, 0.5) is 5.69 Å². The van der Waals surface area contributed by atoms with Gasteiger partial charge < -0.3 is 10.6 Å². The van der Waals surface area contributed by atoms with Gasteiger partial charge in [-0.2, -0.15) is 0 Å². The van der Waals surface area contributed by atoms with E-state index in [9.17, 15) is 4.79 Å². The highest BCUT2D eigenvalue weighted by molar-refractivity contribution is 5.99. The molecular weight excluding hydrogens is 262 g/mol. The van der Waals surface area contributed by atoms with Crippen molar-refractivity contribution in [1.29, 1.82) is 0 Å². The predicted molar refractivity (Wildman–Crippen MR) is 85.6 cm³/mol. The van der Waals surface area contributed by atoms with Crippen LogP contribution in [0.1, 0.15) is 40.1 Å². The molecular formula is C17H21N3O. The van der Waals surface area contributed by atoms with Crippen LogP contribution in [0.5, 0.6) is 0 Å². The minimum Gasteiger partial charge on any atom is -0.387 e. The maximum Gasteiger partial charge on any atom is 0.255 e. The van der Waals surface area contributed by atoms with Crippen LogP contribution in [-0.4, -0.2) is 17.9 Å². The summed E-state index contributed by atoms with van der Waals surface area (Å²) in [5.74, 6) is -0.123. The lowest BCUT2D eigenvalue weighted by molar-refractivity contribution is 0.0940. The maximum absolute atomic E-state index is 12.4. The van der Waals surface area contributed by atoms with Gasteiger partial charge in [0.25, 0.3) is 5.91 Å². The van der Waals surface area contributed by atoms with E-state index in [4.69, 9.17) is 0 Å². The second-order valence-corrected chi connectivity index (χ2v) is 5.17. The molecule has 0 saturated carbocycles. The lowest BCUT2D eigenvalue weighted by Crippen LogP contribution is -2.28. The van der Waals surface area contributed by atoms with E-state index >= 15 is 0 Å². The molecule has 21 heavy (non-hydrogen) atoms. The highest BCUT2D eigenvalue weighted by atomic mass is 16.1. The summed E-state index contributed by atoms with van der Waals surface area (Å²) in [6.07, 6.45) is 1.61. The van der Waals surface area contributed by atoms with Crippen LogP contribution in [0.25, 0.3) is 0 Å². The molecule has 0 fully saturated rings. The number of nitrogens with zero attached hydrogens (tertiary/aromatic N) is 1. The van der Waals surface area contributed by atoms with Gasteiger partial charge in [0.15, 0.2) is 0 Å². The minimum atomic E-state index is -0.123. The van der Waals surface area contributed by atoms with E-state index in [1.54, 1.807) is 13.2 Å². The Morgan fingerprint density at radius 2 is 1.95 bits per heavy atom. The Hall–Kier alpha value is -2.36. The molecule has 2 rings (SSSR count). The molecule has 1 heterocycles. The molecule has 4 nitrogen and oxygen atoms in total. The van der Waals surface area contributed by atoms with E-state index in [-0.39, 0.29) is 11.9 Å². The Balaban J connectivity index is 2.20. The SMILES string of the molecule is CNc1cc(C)ncc1C(=O)NC(C)c1ccccc1C. The maximum atomic E-state index is 12.4. The fourth-order valence-corrected chi connectivity index (χ4v) is 2.37. The number of aromatic nitrogens is 1. The summed E-state index contributed by atoms with van der Waals surface area (Å²) in [4.78, 5) is 16.6. The zero-order valence-corrected chi connectivity index (χ0v) is 12.9. The highest BCUT2D eigenvalue weighted by Crippen LogP contribution is 2.19. The molecule has 1 aromatic heterocycles. The summed E-state index contributed by atoms with van der Waals surface area (Å²) in [6, 6.07) is 9.88. The number of benzene rings is 1. The van der Waals surface area contributed by atoms with Gasteiger partial charge in [0.1, 0.15) is 0 Å². The molecule has 4 heteroatoms. The van der Waals surface area contributed by atoms with Crippen molar-refractivity contribution in [2.45, 2.75) is 26.8 Å². The van der Waals surface area contributed by atoms with Gasteiger partial charge >= 0.3 is 0 Å². The zero-order valence-electron chi connectivity index (χ0n) is 12.9. The first-order valence-corrected chi connectivity index (χ1v) is 7.03. The molecule has 2 N–H and O–H groups in total. The lowest BCUT2D eigenvalue weighted by atomic mass is 10.0. The molecule has 0 aliphatic rings. The molecule has 2 aromatic rings. The summed E-state index contributed by atoms with van der Waals surface area (Å²) < 4.78 is 0. The van der Waals surface area contributed by atoms with E-state index in [1.807, 2.05) is 51.1 Å². The van der Waals surface area contributed by atoms with Gasteiger partial charge in [0.05, 0.1) is 17.3 Å². The zero-order chi connectivity index (χ0) is 15.4. The molecule has 0 saturated heterocycles. The molecule has 0 aliphatic carbocycles. The largest absolute Gasteiger partial charge is 0.387 e. The van der Waals surface area contributed by atoms with Crippen molar-refractivity contribution in [2.75, 3.05) is 12.4 Å². The summed E-state index contributed by atoms with van der Waals surface area (Å²) in [7, 11) is 1.80. The summed E-state index contributed by atoms with van der Waals surface area (Å²) in [5, 5.41) is 6.07. The standard InChI is InChI=1S/C17H21N3O/c1-11-7-5-6-8-14(11)13(3)20-17(21)15-10-19-12(2)9-16(15)18-4/h5-10,13H,1-4H3,(H,18,19)(H,20,21). The third kappa shape index (κ3) is 3.40. The Kier molecular flexibility index (Phi) is 4.58. The first-order chi connectivity index (χ1) is 10.0. The average molecular weight is 283 g/mol. The van der Waals surface area contributed by atoms with Crippen molar-refractivity contribution in [3.05, 3.63) is 58.9 Å². The van der Waals surface area contributed by atoms with Gasteiger partial charge in [-0.1, -0.05) is 24.3 Å². The fraction of sp³-hybridized carbons (Fsp3) is 0.294. The third-order valence-electron chi connectivity index (χ3n) is 3.56. The topological polar surface area (TPSA) is 54.0 Å². The molecule has 1 amide bonds. The third-order valence-corrected chi connectivity index (χ3v) is 3.56. The number of anilines is 1. The molecule has 1 atom stereocenters. The normalized spacial score (nSPS) is 11.8. The van der Waals surface area contributed by atoms with Crippen LogP contribution < -0.4 is 10.6 Å². The van der Waals surface area contributed by atoms with Gasteiger partial charge in [-0.25, -0.2) is 0 Å². The number of rotatable bonds is 4. The quantitative estimate of drug-likeness (QED) is 0.905. The van der Waals surface area contributed by atoms with Crippen LogP contribution in [-0.2, 0) is 0 Å². The first-order valence-electron chi connectivity index (χ1n) is 7.03. The second-order valence-electron chi connectivity index (χ2n) is 5.17. The average Bonchev–Trinajstić information content (AvgIpc) is 2.47. The Labute approximate surface area is 125 Å². The Morgan fingerprint density at radius 1 is 1.24 bits per heavy atom. The monoisotopic (exact) mass is 283 g/mol. The van der Waals surface area contributed by atoms with Crippen LogP contribution in [0.2, 0.25) is 0 Å². The van der Waals surface area contributed by atoms with Crippen LogP contribution >= 0.6 is 0 Å². The molecule has 0 spiro atoms. The van der Waals surface area contributed by atoms with Crippen molar-refractivity contribution in [2.24, 2.45) is 0 Å². The molecule has 0 bridgehead atoms. The van der Waals surface area contributed by atoms with Crippen molar-refractivity contribution in [3.8, 4) is 0 Å². The van der Waals surface area contributed by atoms with Crippen molar-refractivity contribution in [1.82, 2.24) is 10.3 Å². The minimum absolute atomic E-state index is 0.0512. The van der Waals surface area contributed by atoms with Gasteiger partial charge in [-0.15, -0.1) is 0 Å². The highest BCUT2D eigenvalue weighted by Gasteiger charge is 2.16. The second kappa shape index (κ2) is 6.39. The van der Waals surface area contributed by atoms with Gasteiger partial charge in [0.2, 0.25) is 0 Å². The van der Waals surface area contributed by atoms with Gasteiger partial charge in [-0.05, 0) is 38.0 Å². The molecule has 1 unspecified atom stereocenters. The van der Waals surface area contributed by atoms with Crippen LogP contribution in [0.3, 0.4) is 0 Å². The van der Waals surface area contributed by atoms with Crippen molar-refractivity contribution >= 4 is 11.6 Å². The van der Waals surface area contributed by atoms with Gasteiger partial charge in [-0.3, -0.25) is 9.78 Å². The van der Waals surface area contributed by atoms with Crippen LogP contribution in [0.15, 0.2) is 36.5 Å². The predicted octanol–water partition coefficient (Wildman–Crippen LogP) is 3.23. The van der Waals surface area contributed by atoms with E-state index in [2.05, 4.69) is 15.6 Å². The van der Waals surface area contributed by atoms with E-state index < -0.39 is 0 Å². The molecule has 0 aliphatic heterocycles. The van der Waals surface area contributed by atoms with Crippen LogP contribution in [0, 0.1) is 13.8 Å². The van der Waals surface area contributed by atoms with E-state index in [0.717, 1.165) is 16.9 Å². The smallest absolute Gasteiger partial charge is 0.255 e. The molecule has 0 radical (unpaired) electrons. The number of aryl methyl sites for hydroxylation is 2. The fourth-order valence-electron chi connectivity index (χ4n) is 2.37. The van der Waals surface area contributed by atoms with Gasteiger partial charge in [0, 0.05) is 18.9 Å². The number of hydrogen-bond acceptors (Lipinski definition) is 3. The number of hydrogen-bond donors (Lipinski definition) is 2. The number of pyridine rings is 1.